The monoisotopic (exact) mass is 275 g/mol. The van der Waals surface area contributed by atoms with E-state index in [9.17, 15) is 0 Å². The lowest BCUT2D eigenvalue weighted by Crippen LogP contribution is -2.45. The van der Waals surface area contributed by atoms with Gasteiger partial charge in [0.1, 0.15) is 0 Å². The molecule has 1 aromatic rings. The van der Waals surface area contributed by atoms with E-state index in [0.717, 1.165) is 13.0 Å². The molecule has 20 heavy (non-hydrogen) atoms. The fourth-order valence-corrected chi connectivity index (χ4v) is 2.47. The first-order valence-corrected chi connectivity index (χ1v) is 7.87. The van der Waals surface area contributed by atoms with E-state index in [1.165, 1.54) is 44.0 Å². The highest BCUT2D eigenvalue weighted by Crippen LogP contribution is 2.11. The van der Waals surface area contributed by atoms with Crippen molar-refractivity contribution in [2.24, 2.45) is 5.92 Å². The van der Waals surface area contributed by atoms with Gasteiger partial charge in [0.15, 0.2) is 0 Å². The minimum atomic E-state index is 0.687. The van der Waals surface area contributed by atoms with Gasteiger partial charge in [0.05, 0.1) is 0 Å². The first-order chi connectivity index (χ1) is 9.63. The summed E-state index contributed by atoms with van der Waals surface area (Å²) in [5.74, 6) is 0.687. The van der Waals surface area contributed by atoms with Crippen LogP contribution in [0.15, 0.2) is 24.3 Å². The van der Waals surface area contributed by atoms with Crippen LogP contribution in [-0.4, -0.2) is 56.1 Å². The highest BCUT2D eigenvalue weighted by molar-refractivity contribution is 5.44. The third kappa shape index (κ3) is 5.14. The van der Waals surface area contributed by atoms with Gasteiger partial charge < -0.3 is 15.1 Å². The Kier molecular flexibility index (Phi) is 5.86. The van der Waals surface area contributed by atoms with E-state index < -0.39 is 0 Å². The van der Waals surface area contributed by atoms with Gasteiger partial charge in [-0.05, 0) is 37.1 Å². The number of hydrogen-bond donors (Lipinski definition) is 1. The van der Waals surface area contributed by atoms with Gasteiger partial charge in [-0.15, -0.1) is 0 Å². The van der Waals surface area contributed by atoms with Crippen LogP contribution < -0.4 is 5.32 Å². The van der Waals surface area contributed by atoms with E-state index in [-0.39, 0.29) is 0 Å². The standard InChI is InChI=1S/C17H29N3/c1-15(2)14-18-17-6-4-16(5-7-17)8-9-20-12-10-19(3)11-13-20/h4-7,15,18H,8-14H2,1-3H3. The fourth-order valence-electron chi connectivity index (χ4n) is 2.47. The van der Waals surface area contributed by atoms with E-state index in [4.69, 9.17) is 0 Å². The van der Waals surface area contributed by atoms with Crippen LogP contribution in [-0.2, 0) is 6.42 Å². The van der Waals surface area contributed by atoms with Crippen molar-refractivity contribution in [3.63, 3.8) is 0 Å². The lowest BCUT2D eigenvalue weighted by molar-refractivity contribution is 0.155. The summed E-state index contributed by atoms with van der Waals surface area (Å²) in [4.78, 5) is 4.98. The van der Waals surface area contributed by atoms with E-state index >= 15 is 0 Å². The van der Waals surface area contributed by atoms with Crippen molar-refractivity contribution in [3.05, 3.63) is 29.8 Å². The zero-order valence-corrected chi connectivity index (χ0v) is 13.2. The molecule has 3 heteroatoms. The van der Waals surface area contributed by atoms with Gasteiger partial charge in [-0.25, -0.2) is 0 Å². The Morgan fingerprint density at radius 3 is 2.30 bits per heavy atom. The fraction of sp³-hybridized carbons (Fsp3) is 0.647. The Hall–Kier alpha value is -1.06. The predicted molar refractivity (Wildman–Crippen MR) is 87.4 cm³/mol. The predicted octanol–water partition coefficient (Wildman–Crippen LogP) is 2.54. The van der Waals surface area contributed by atoms with Crippen molar-refractivity contribution >= 4 is 5.69 Å². The first-order valence-electron chi connectivity index (χ1n) is 7.87. The number of rotatable bonds is 6. The lowest BCUT2D eigenvalue weighted by Gasteiger charge is -2.32. The number of nitrogens with zero attached hydrogens (tertiary/aromatic N) is 2. The molecular weight excluding hydrogens is 246 g/mol. The van der Waals surface area contributed by atoms with Gasteiger partial charge in [-0.1, -0.05) is 26.0 Å². The number of hydrogen-bond acceptors (Lipinski definition) is 3. The Bertz CT molecular complexity index is 378. The molecule has 1 aliphatic rings. The number of nitrogens with one attached hydrogen (secondary N) is 1. The summed E-state index contributed by atoms with van der Waals surface area (Å²) in [6, 6.07) is 8.95. The van der Waals surface area contributed by atoms with Gasteiger partial charge in [-0.2, -0.15) is 0 Å². The van der Waals surface area contributed by atoms with Crippen LogP contribution in [0, 0.1) is 5.92 Å². The molecule has 2 rings (SSSR count). The molecule has 0 aliphatic carbocycles. The molecule has 1 aliphatic heterocycles. The van der Waals surface area contributed by atoms with Gasteiger partial charge in [0.25, 0.3) is 0 Å². The Morgan fingerprint density at radius 2 is 1.70 bits per heavy atom. The molecule has 0 unspecified atom stereocenters. The van der Waals surface area contributed by atoms with Gasteiger partial charge in [-0.3, -0.25) is 0 Å². The topological polar surface area (TPSA) is 18.5 Å². The molecule has 1 saturated heterocycles. The maximum absolute atomic E-state index is 3.47. The molecular formula is C17H29N3. The molecule has 1 aromatic carbocycles. The third-order valence-electron chi connectivity index (χ3n) is 3.98. The van der Waals surface area contributed by atoms with E-state index in [0.29, 0.717) is 5.92 Å². The molecule has 112 valence electrons. The number of likely N-dealkylation sites (N-methyl/N-ethyl adjacent to an activating group) is 1. The minimum Gasteiger partial charge on any atom is -0.385 e. The first kappa shape index (κ1) is 15.3. The summed E-state index contributed by atoms with van der Waals surface area (Å²) in [5.41, 5.74) is 2.68. The van der Waals surface area contributed by atoms with E-state index in [1.54, 1.807) is 0 Å². The van der Waals surface area contributed by atoms with Crippen LogP contribution in [0.1, 0.15) is 19.4 Å². The largest absolute Gasteiger partial charge is 0.385 e. The molecule has 0 aromatic heterocycles. The Morgan fingerprint density at radius 1 is 1.05 bits per heavy atom. The average molecular weight is 275 g/mol. The van der Waals surface area contributed by atoms with Crippen LogP contribution in [0.25, 0.3) is 0 Å². The van der Waals surface area contributed by atoms with Crippen molar-refractivity contribution in [1.29, 1.82) is 0 Å². The maximum Gasteiger partial charge on any atom is 0.0340 e. The van der Waals surface area contributed by atoms with Gasteiger partial charge in [0.2, 0.25) is 0 Å². The molecule has 0 amide bonds. The van der Waals surface area contributed by atoms with Gasteiger partial charge in [0, 0.05) is 45.0 Å². The molecule has 0 radical (unpaired) electrons. The summed E-state index contributed by atoms with van der Waals surface area (Å²) < 4.78 is 0. The minimum absolute atomic E-state index is 0.687. The second-order valence-electron chi connectivity index (χ2n) is 6.37. The quantitative estimate of drug-likeness (QED) is 0.861. The van der Waals surface area contributed by atoms with Gasteiger partial charge >= 0.3 is 0 Å². The molecule has 1 heterocycles. The van der Waals surface area contributed by atoms with Crippen molar-refractivity contribution < 1.29 is 0 Å². The van der Waals surface area contributed by atoms with Crippen LogP contribution in [0.2, 0.25) is 0 Å². The van der Waals surface area contributed by atoms with Crippen LogP contribution in [0.5, 0.6) is 0 Å². The van der Waals surface area contributed by atoms with Crippen LogP contribution in [0.3, 0.4) is 0 Å². The summed E-state index contributed by atoms with van der Waals surface area (Å²) in [7, 11) is 2.21. The normalized spacial score (nSPS) is 17.6. The number of benzene rings is 1. The molecule has 0 bridgehead atoms. The van der Waals surface area contributed by atoms with E-state index in [2.05, 4.69) is 60.3 Å². The summed E-state index contributed by atoms with van der Waals surface area (Å²) in [6.07, 6.45) is 1.16. The summed E-state index contributed by atoms with van der Waals surface area (Å²) in [6.45, 7) is 11.5. The van der Waals surface area contributed by atoms with Crippen molar-refractivity contribution in [1.82, 2.24) is 9.80 Å². The zero-order valence-electron chi connectivity index (χ0n) is 13.2. The molecule has 0 spiro atoms. The summed E-state index contributed by atoms with van der Waals surface area (Å²) >= 11 is 0. The third-order valence-corrected chi connectivity index (χ3v) is 3.98. The Labute approximate surface area is 124 Å². The maximum atomic E-state index is 3.47. The number of piperazine rings is 1. The summed E-state index contributed by atoms with van der Waals surface area (Å²) in [5, 5.41) is 3.47. The second-order valence-corrected chi connectivity index (χ2v) is 6.37. The molecule has 0 saturated carbocycles. The highest BCUT2D eigenvalue weighted by Gasteiger charge is 2.12. The highest BCUT2D eigenvalue weighted by atomic mass is 15.2. The molecule has 1 fully saturated rings. The SMILES string of the molecule is CC(C)CNc1ccc(CCN2CCN(C)CC2)cc1. The number of anilines is 1. The van der Waals surface area contributed by atoms with Crippen molar-refractivity contribution in [2.45, 2.75) is 20.3 Å². The van der Waals surface area contributed by atoms with E-state index in [1.807, 2.05) is 0 Å². The molecule has 1 N–H and O–H groups in total. The Balaban J connectivity index is 1.73. The van der Waals surface area contributed by atoms with Crippen LogP contribution in [0.4, 0.5) is 5.69 Å². The average Bonchev–Trinajstić information content (AvgIpc) is 2.45. The van der Waals surface area contributed by atoms with Crippen molar-refractivity contribution in [3.8, 4) is 0 Å². The second kappa shape index (κ2) is 7.65. The lowest BCUT2D eigenvalue weighted by atomic mass is 10.1. The van der Waals surface area contributed by atoms with Crippen molar-refractivity contribution in [2.75, 3.05) is 51.6 Å². The smallest absolute Gasteiger partial charge is 0.0340 e. The van der Waals surface area contributed by atoms with Crippen LogP contribution >= 0.6 is 0 Å². The zero-order chi connectivity index (χ0) is 14.4. The molecule has 3 nitrogen and oxygen atoms in total. The molecule has 0 atom stereocenters.